The Balaban J connectivity index is 1.10. The first-order valence-electron chi connectivity index (χ1n) is 16.2. The van der Waals surface area contributed by atoms with Crippen LogP contribution in [0.5, 0.6) is 0 Å². The molecule has 2 aromatic rings. The molecule has 3 aliphatic rings. The van der Waals surface area contributed by atoms with E-state index in [4.69, 9.17) is 29.5 Å². The van der Waals surface area contributed by atoms with E-state index >= 15 is 0 Å². The number of nitrogens with zero attached hydrogens (tertiary/aromatic N) is 3. The van der Waals surface area contributed by atoms with Crippen LogP contribution in [0.3, 0.4) is 0 Å². The summed E-state index contributed by atoms with van der Waals surface area (Å²) >= 11 is 1.84. The molecule has 23 nitrogen and oxygen atoms in total. The molecule has 10 N–H and O–H groups in total. The molecule has 5 heterocycles. The highest BCUT2D eigenvalue weighted by atomic mass is 33.1. The smallest absolute Gasteiger partial charge is 0.369 e. The third-order valence-electron chi connectivity index (χ3n) is 8.17. The average molecular weight is 883 g/mol. The van der Waals surface area contributed by atoms with Crippen LogP contribution in [0.1, 0.15) is 52.2 Å². The molecule has 304 valence electrons. The van der Waals surface area contributed by atoms with Crippen LogP contribution < -0.4 is 27.2 Å². The Morgan fingerprint density at radius 3 is 2.67 bits per heavy atom. The molecule has 0 aromatic carbocycles. The summed E-state index contributed by atoms with van der Waals surface area (Å²) in [5, 5.41) is 9.19. The van der Waals surface area contributed by atoms with E-state index in [1.807, 2.05) is 25.6 Å². The van der Waals surface area contributed by atoms with Gasteiger partial charge in [-0.1, -0.05) is 28.0 Å². The number of phosphoric acid groups is 3. The summed E-state index contributed by atoms with van der Waals surface area (Å²) in [5.41, 5.74) is 5.13. The Morgan fingerprint density at radius 1 is 1.17 bits per heavy atom. The zero-order valence-corrected chi connectivity index (χ0v) is 33.8. The lowest BCUT2D eigenvalue weighted by Crippen LogP contribution is -2.37. The van der Waals surface area contributed by atoms with Gasteiger partial charge in [-0.2, -0.15) is 25.4 Å². The van der Waals surface area contributed by atoms with E-state index in [2.05, 4.69) is 39.5 Å². The number of carbonyl (C=O) groups excluding carboxylic acids is 2. The number of imidazole rings is 1. The van der Waals surface area contributed by atoms with Crippen molar-refractivity contribution in [3.8, 4) is 0 Å². The summed E-state index contributed by atoms with van der Waals surface area (Å²) in [6, 6.07) is 0.171. The lowest BCUT2D eigenvalue weighted by molar-refractivity contribution is -0.121. The highest BCUT2D eigenvalue weighted by Gasteiger charge is 2.44. The summed E-state index contributed by atoms with van der Waals surface area (Å²) < 4.78 is 60.5. The van der Waals surface area contributed by atoms with Gasteiger partial charge in [0.15, 0.2) is 11.2 Å². The molecule has 0 saturated carbocycles. The normalized spacial score (nSPS) is 26.6. The van der Waals surface area contributed by atoms with Gasteiger partial charge in [-0.25, -0.2) is 23.5 Å². The van der Waals surface area contributed by atoms with E-state index in [-0.39, 0.29) is 53.5 Å². The highest BCUT2D eigenvalue weighted by molar-refractivity contribution is 8.77. The topological polar surface area (TPSA) is 338 Å². The molecule has 3 fully saturated rings. The van der Waals surface area contributed by atoms with Gasteiger partial charge >= 0.3 is 29.5 Å². The van der Waals surface area contributed by atoms with Crippen molar-refractivity contribution in [1.29, 1.82) is 0 Å². The summed E-state index contributed by atoms with van der Waals surface area (Å²) in [5.74, 6) is 0.679. The third-order valence-corrected chi connectivity index (χ3v) is 16.4. The number of phosphoric ester groups is 1. The van der Waals surface area contributed by atoms with E-state index in [9.17, 15) is 37.9 Å². The standard InChI is InChI=1S/C25H41N8O15P3S3/c1-25(2,10-27-17(34)6-4-3-5-16-19-13(9-52-16)29-24(36)30-19)54-53-12-44-14-7-18(33-11-28-20-21(33)31-23(26)32-22(20)35)46-15(14)8-45-50(40,41)48-51(42,43)47-49(37,38)39/h11,13-16,18-19H,3-10,12H2,1-2H3,(H,27,34)(H,40,41)(H,42,43)(H2,29,30,36)(H2,37,38,39)(H3,26,31,32,35)/t13?,14-,15?,16?,18-,19?/m1/s1. The second kappa shape index (κ2) is 17.8. The lowest BCUT2D eigenvalue weighted by Gasteiger charge is -2.24. The number of unbranched alkanes of at least 4 members (excludes halogenated alkanes) is 1. The number of aromatic amines is 1. The van der Waals surface area contributed by atoms with Crippen molar-refractivity contribution in [3.05, 3.63) is 16.7 Å². The quantitative estimate of drug-likeness (QED) is 0.0300. The van der Waals surface area contributed by atoms with Crippen LogP contribution in [-0.4, -0.2) is 110 Å². The second-order valence-corrected chi connectivity index (χ2v) is 21.6. The third kappa shape index (κ3) is 12.4. The number of anilines is 1. The number of nitrogen functional groups attached to an aromatic ring is 1. The number of hydrogen-bond donors (Lipinski definition) is 9. The fourth-order valence-electron chi connectivity index (χ4n) is 5.82. The molecule has 0 radical (unpaired) electrons. The Labute approximate surface area is 319 Å². The summed E-state index contributed by atoms with van der Waals surface area (Å²) in [6.07, 6.45) is 1.31. The van der Waals surface area contributed by atoms with Gasteiger partial charge in [0.2, 0.25) is 11.9 Å². The fraction of sp³-hybridized carbons (Fsp3) is 0.720. The number of urea groups is 1. The van der Waals surface area contributed by atoms with Gasteiger partial charge in [0.1, 0.15) is 18.3 Å². The number of rotatable bonds is 20. The van der Waals surface area contributed by atoms with Crippen molar-refractivity contribution in [3.63, 3.8) is 0 Å². The van der Waals surface area contributed by atoms with Gasteiger partial charge in [0.05, 0.1) is 31.1 Å². The van der Waals surface area contributed by atoms with Gasteiger partial charge < -0.3 is 50.7 Å². The number of nitrogens with two attached hydrogens (primary N) is 1. The molecule has 8 atom stereocenters. The second-order valence-electron chi connectivity index (χ2n) is 13.0. The zero-order chi connectivity index (χ0) is 39.5. The Morgan fingerprint density at radius 2 is 1.93 bits per heavy atom. The van der Waals surface area contributed by atoms with E-state index < -0.39 is 58.8 Å². The number of fused-ring (bicyclic) bond motifs is 2. The van der Waals surface area contributed by atoms with Crippen LogP contribution in [0.4, 0.5) is 10.7 Å². The van der Waals surface area contributed by atoms with E-state index in [1.54, 1.807) is 0 Å². The van der Waals surface area contributed by atoms with E-state index in [0.717, 1.165) is 25.0 Å². The average Bonchev–Trinajstić information content (AvgIpc) is 3.81. The van der Waals surface area contributed by atoms with Crippen molar-refractivity contribution in [2.45, 2.75) is 86.5 Å². The number of nitrogens with one attached hydrogen (secondary N) is 4. The molecule has 2 aromatic heterocycles. The van der Waals surface area contributed by atoms with Crippen molar-refractivity contribution < 1.29 is 65.5 Å². The van der Waals surface area contributed by atoms with Crippen LogP contribution in [0.25, 0.3) is 11.2 Å². The SMILES string of the molecule is CC(C)(CNC(=O)CCCCC1SCC2NC(=O)NC21)SSCO[C@@H]1C[C@H](n2cnc3c(=O)[nH]c(N)nc32)OC1COP(=O)(O)OP(=O)(O)OP(=O)(O)O. The maximum Gasteiger partial charge on any atom is 0.490 e. The molecule has 6 unspecified atom stereocenters. The van der Waals surface area contributed by atoms with E-state index in [0.29, 0.717) is 18.2 Å². The first-order valence-corrected chi connectivity index (χ1v) is 24.1. The minimum Gasteiger partial charge on any atom is -0.369 e. The van der Waals surface area contributed by atoms with Crippen molar-refractivity contribution >= 4 is 85.9 Å². The number of ether oxygens (including phenoxy) is 2. The minimum absolute atomic E-state index is 0.0393. The van der Waals surface area contributed by atoms with Gasteiger partial charge in [-0.05, 0) is 26.7 Å². The molecule has 3 aliphatic heterocycles. The fourth-order valence-corrected chi connectivity index (χ4v) is 12.6. The Bertz CT molecular complexity index is 1880. The van der Waals surface area contributed by atoms with Crippen molar-refractivity contribution in [2.24, 2.45) is 0 Å². The van der Waals surface area contributed by atoms with Crippen LogP contribution >= 0.6 is 56.8 Å². The molecule has 0 spiro atoms. The maximum absolute atomic E-state index is 12.6. The highest BCUT2D eigenvalue weighted by Crippen LogP contribution is 2.66. The van der Waals surface area contributed by atoms with E-state index in [1.165, 1.54) is 32.5 Å². The van der Waals surface area contributed by atoms with Crippen molar-refractivity contribution in [1.82, 2.24) is 35.5 Å². The predicted octanol–water partition coefficient (Wildman–Crippen LogP) is 1.68. The minimum atomic E-state index is -5.75. The maximum atomic E-state index is 12.6. The summed E-state index contributed by atoms with van der Waals surface area (Å²) in [4.78, 5) is 84.0. The number of H-pyrrole nitrogens is 1. The molecule has 54 heavy (non-hydrogen) atoms. The van der Waals surface area contributed by atoms with Gasteiger partial charge in [-0.3, -0.25) is 23.7 Å². The molecule has 0 aliphatic carbocycles. The van der Waals surface area contributed by atoms with Crippen LogP contribution in [-0.2, 0) is 41.1 Å². The first-order chi connectivity index (χ1) is 25.2. The molecular formula is C25H41N8O15P3S3. The number of aromatic nitrogens is 4. The largest absolute Gasteiger partial charge is 0.490 e. The number of hydrogen-bond acceptors (Lipinski definition) is 17. The predicted molar refractivity (Wildman–Crippen MR) is 197 cm³/mol. The Kier molecular flexibility index (Phi) is 14.3. The zero-order valence-electron chi connectivity index (χ0n) is 28.7. The van der Waals surface area contributed by atoms with Gasteiger partial charge in [-0.15, -0.1) is 0 Å². The summed E-state index contributed by atoms with van der Waals surface area (Å²) in [6.45, 7) is 3.46. The number of thioether (sulfide) groups is 1. The molecule has 3 saturated heterocycles. The molecule has 3 amide bonds. The monoisotopic (exact) mass is 882 g/mol. The molecule has 29 heteroatoms. The van der Waals surface area contributed by atoms with Crippen molar-refractivity contribution in [2.75, 3.05) is 30.6 Å². The molecule has 5 rings (SSSR count). The summed E-state index contributed by atoms with van der Waals surface area (Å²) in [7, 11) is -14.1. The van der Waals surface area contributed by atoms with Crippen LogP contribution in [0.15, 0.2) is 11.1 Å². The lowest BCUT2D eigenvalue weighted by atomic mass is 10.0. The first kappa shape index (κ1) is 43.4. The number of carbonyl (C=O) groups is 2. The molecular weight excluding hydrogens is 841 g/mol. The van der Waals surface area contributed by atoms with Crippen LogP contribution in [0, 0.1) is 0 Å². The van der Waals surface area contributed by atoms with Gasteiger partial charge in [0, 0.05) is 35.1 Å². The van der Waals surface area contributed by atoms with Crippen LogP contribution in [0.2, 0.25) is 0 Å². The Hall–Kier alpha value is -1.73. The number of amides is 3. The van der Waals surface area contributed by atoms with Gasteiger partial charge in [0.25, 0.3) is 5.56 Å². The molecule has 0 bridgehead atoms.